The Hall–Kier alpha value is -2.16. The van der Waals surface area contributed by atoms with Crippen LogP contribution < -0.4 is 10.6 Å². The number of imide groups is 1. The summed E-state index contributed by atoms with van der Waals surface area (Å²) in [7, 11) is 0. The number of nitrogens with one attached hydrogen (secondary N) is 2. The minimum absolute atomic E-state index is 0.0494. The van der Waals surface area contributed by atoms with Gasteiger partial charge in [0, 0.05) is 25.1 Å². The molecule has 0 aliphatic carbocycles. The summed E-state index contributed by atoms with van der Waals surface area (Å²) < 4.78 is 0. The van der Waals surface area contributed by atoms with Gasteiger partial charge in [-0.05, 0) is 20.1 Å². The fourth-order valence-electron chi connectivity index (χ4n) is 1.82. The van der Waals surface area contributed by atoms with Crippen molar-refractivity contribution in [1.82, 2.24) is 15.5 Å². The Morgan fingerprint density at radius 2 is 1.65 bits per heavy atom. The van der Waals surface area contributed by atoms with Crippen LogP contribution in [0.2, 0.25) is 0 Å². The molecule has 0 radical (unpaired) electrons. The molecule has 8 nitrogen and oxygen atoms in total. The Labute approximate surface area is 138 Å². The highest BCUT2D eigenvalue weighted by atomic mass is 32.2. The normalized spacial score (nSPS) is 16.2. The summed E-state index contributed by atoms with van der Waals surface area (Å²) in [5.41, 5.74) is 0. The van der Waals surface area contributed by atoms with Crippen LogP contribution in [-0.4, -0.2) is 58.5 Å². The van der Waals surface area contributed by atoms with E-state index in [2.05, 4.69) is 10.6 Å². The zero-order chi connectivity index (χ0) is 17.6. The quantitative estimate of drug-likeness (QED) is 0.586. The summed E-state index contributed by atoms with van der Waals surface area (Å²) in [6, 6.07) is -1.48. The summed E-state index contributed by atoms with van der Waals surface area (Å²) in [4.78, 5) is 58.6. The van der Waals surface area contributed by atoms with Crippen molar-refractivity contribution in [3.63, 3.8) is 0 Å². The molecule has 0 fully saturated rings. The van der Waals surface area contributed by atoms with Gasteiger partial charge in [-0.25, -0.2) is 0 Å². The Balaban J connectivity index is 2.38. The van der Waals surface area contributed by atoms with Crippen LogP contribution in [-0.2, 0) is 24.0 Å². The summed E-state index contributed by atoms with van der Waals surface area (Å²) in [6.07, 6.45) is 3.79. The Bertz CT molecular complexity index is 543. The molecule has 0 unspecified atom stereocenters. The number of rotatable bonds is 7. The minimum atomic E-state index is -0.831. The molecule has 2 N–H and O–H groups in total. The molecule has 0 bridgehead atoms. The van der Waals surface area contributed by atoms with Crippen LogP contribution in [0.15, 0.2) is 12.2 Å². The predicted octanol–water partition coefficient (Wildman–Crippen LogP) is -0.799. The van der Waals surface area contributed by atoms with Crippen LogP contribution in [0.5, 0.6) is 0 Å². The fourth-order valence-corrected chi connectivity index (χ4v) is 2.23. The monoisotopic (exact) mass is 341 g/mol. The Kier molecular flexibility index (Phi) is 6.95. The first kappa shape index (κ1) is 18.9. The molecule has 1 rings (SSSR count). The molecular formula is C14H19N3O5S. The summed E-state index contributed by atoms with van der Waals surface area (Å²) >= 11 is 1.01. The van der Waals surface area contributed by atoms with Crippen LogP contribution in [0, 0.1) is 0 Å². The first-order valence-electron chi connectivity index (χ1n) is 6.97. The lowest BCUT2D eigenvalue weighted by molar-refractivity contribution is -0.137. The first-order chi connectivity index (χ1) is 10.8. The second-order valence-electron chi connectivity index (χ2n) is 4.95. The number of thioether (sulfide) groups is 1. The number of hydrogen-bond acceptors (Lipinski definition) is 6. The third-order valence-electron chi connectivity index (χ3n) is 3.15. The van der Waals surface area contributed by atoms with E-state index in [1.165, 1.54) is 6.92 Å². The topological polar surface area (TPSA) is 113 Å². The molecule has 0 aromatic carbocycles. The van der Waals surface area contributed by atoms with Crippen molar-refractivity contribution < 1.29 is 24.0 Å². The fraction of sp³-hybridized carbons (Fsp3) is 0.500. The molecule has 23 heavy (non-hydrogen) atoms. The number of nitrogens with zero attached hydrogens (tertiary/aromatic N) is 1. The van der Waals surface area contributed by atoms with Crippen molar-refractivity contribution in [2.45, 2.75) is 32.4 Å². The highest BCUT2D eigenvalue weighted by Gasteiger charge is 2.25. The highest BCUT2D eigenvalue weighted by molar-refractivity contribution is 8.13. The second kappa shape index (κ2) is 8.47. The molecule has 0 spiro atoms. The zero-order valence-corrected chi connectivity index (χ0v) is 13.9. The number of carbonyl (C=O) groups excluding carboxylic acids is 5. The minimum Gasteiger partial charge on any atom is -0.345 e. The number of carbonyl (C=O) groups is 5. The summed E-state index contributed by atoms with van der Waals surface area (Å²) in [5, 5.41) is 4.77. The van der Waals surface area contributed by atoms with Crippen LogP contribution in [0.1, 0.15) is 20.3 Å². The van der Waals surface area contributed by atoms with Gasteiger partial charge in [-0.15, -0.1) is 0 Å². The van der Waals surface area contributed by atoms with Gasteiger partial charge in [-0.3, -0.25) is 28.9 Å². The maximum absolute atomic E-state index is 11.9. The average Bonchev–Trinajstić information content (AvgIpc) is 2.82. The van der Waals surface area contributed by atoms with E-state index in [0.717, 1.165) is 28.8 Å². The average molecular weight is 341 g/mol. The lowest BCUT2D eigenvalue weighted by Crippen LogP contribution is -2.49. The van der Waals surface area contributed by atoms with E-state index in [1.807, 2.05) is 0 Å². The van der Waals surface area contributed by atoms with Gasteiger partial charge in [0.15, 0.2) is 0 Å². The maximum Gasteiger partial charge on any atom is 0.253 e. The van der Waals surface area contributed by atoms with Gasteiger partial charge in [0.05, 0.1) is 6.04 Å². The molecule has 1 aliphatic rings. The van der Waals surface area contributed by atoms with E-state index in [-0.39, 0.29) is 18.1 Å². The number of amides is 4. The lowest BCUT2D eigenvalue weighted by atomic mass is 10.2. The number of hydrogen-bond donors (Lipinski definition) is 2. The SMILES string of the molecule is CSC(=O)[C@H](C)NC(=O)[C@H](C)NC(=O)CCN1C(=O)C=CC1=O. The zero-order valence-electron chi connectivity index (χ0n) is 13.1. The van der Waals surface area contributed by atoms with Crippen molar-refractivity contribution in [2.75, 3.05) is 12.8 Å². The van der Waals surface area contributed by atoms with E-state index in [9.17, 15) is 24.0 Å². The van der Waals surface area contributed by atoms with Crippen molar-refractivity contribution in [1.29, 1.82) is 0 Å². The molecule has 0 aromatic heterocycles. The summed E-state index contributed by atoms with van der Waals surface area (Å²) in [6.45, 7) is 2.99. The molecule has 0 saturated heterocycles. The third-order valence-corrected chi connectivity index (χ3v) is 3.90. The molecule has 2 atom stereocenters. The lowest BCUT2D eigenvalue weighted by Gasteiger charge is -2.18. The molecule has 0 aromatic rings. The largest absolute Gasteiger partial charge is 0.345 e. The van der Waals surface area contributed by atoms with Gasteiger partial charge in [0.1, 0.15) is 6.04 Å². The molecule has 1 heterocycles. The van der Waals surface area contributed by atoms with E-state index >= 15 is 0 Å². The van der Waals surface area contributed by atoms with Gasteiger partial charge in [0.2, 0.25) is 16.9 Å². The maximum atomic E-state index is 11.9. The van der Waals surface area contributed by atoms with Crippen LogP contribution in [0.4, 0.5) is 0 Å². The van der Waals surface area contributed by atoms with E-state index in [0.29, 0.717) is 0 Å². The molecule has 9 heteroatoms. The van der Waals surface area contributed by atoms with E-state index in [4.69, 9.17) is 0 Å². The van der Waals surface area contributed by atoms with E-state index in [1.54, 1.807) is 13.2 Å². The van der Waals surface area contributed by atoms with Gasteiger partial charge in [-0.1, -0.05) is 11.8 Å². The first-order valence-corrected chi connectivity index (χ1v) is 8.19. The predicted molar refractivity (Wildman–Crippen MR) is 84.2 cm³/mol. The van der Waals surface area contributed by atoms with Crippen LogP contribution in [0.25, 0.3) is 0 Å². The Morgan fingerprint density at radius 1 is 1.09 bits per heavy atom. The van der Waals surface area contributed by atoms with Gasteiger partial charge >= 0.3 is 0 Å². The van der Waals surface area contributed by atoms with Crippen LogP contribution in [0.3, 0.4) is 0 Å². The van der Waals surface area contributed by atoms with Gasteiger partial charge < -0.3 is 10.6 Å². The molecule has 4 amide bonds. The van der Waals surface area contributed by atoms with E-state index < -0.39 is 35.7 Å². The second-order valence-corrected chi connectivity index (χ2v) is 5.76. The highest BCUT2D eigenvalue weighted by Crippen LogP contribution is 2.04. The van der Waals surface area contributed by atoms with Crippen molar-refractivity contribution in [2.24, 2.45) is 0 Å². The molecule has 1 aliphatic heterocycles. The van der Waals surface area contributed by atoms with Crippen LogP contribution >= 0.6 is 11.8 Å². The van der Waals surface area contributed by atoms with Crippen molar-refractivity contribution in [3.8, 4) is 0 Å². The molecule has 126 valence electrons. The molecular weight excluding hydrogens is 322 g/mol. The standard InChI is InChI=1S/C14H19N3O5S/c1-8(13(21)16-9(2)14(22)23-3)15-10(18)6-7-17-11(19)4-5-12(17)20/h4-5,8-9H,6-7H2,1-3H3,(H,15,18)(H,16,21)/t8-,9-/m0/s1. The third kappa shape index (κ3) is 5.51. The van der Waals surface area contributed by atoms with Gasteiger partial charge in [-0.2, -0.15) is 0 Å². The molecule has 0 saturated carbocycles. The Morgan fingerprint density at radius 3 is 2.17 bits per heavy atom. The van der Waals surface area contributed by atoms with Crippen molar-refractivity contribution in [3.05, 3.63) is 12.2 Å². The van der Waals surface area contributed by atoms with Crippen molar-refractivity contribution >= 4 is 40.5 Å². The van der Waals surface area contributed by atoms with Gasteiger partial charge in [0.25, 0.3) is 11.8 Å². The smallest absolute Gasteiger partial charge is 0.253 e. The summed E-state index contributed by atoms with van der Waals surface area (Å²) in [5.74, 6) is -1.87.